The van der Waals surface area contributed by atoms with Crippen LogP contribution in [0.15, 0.2) is 36.8 Å². The fourth-order valence-electron chi connectivity index (χ4n) is 2.84. The number of nitrogens with one attached hydrogen (secondary N) is 2. The van der Waals surface area contributed by atoms with Crippen LogP contribution < -0.4 is 10.6 Å². The number of hydrogen-bond acceptors (Lipinski definition) is 4. The van der Waals surface area contributed by atoms with Crippen LogP contribution in [0.5, 0.6) is 0 Å². The van der Waals surface area contributed by atoms with Crippen LogP contribution in [0.1, 0.15) is 16.7 Å². The van der Waals surface area contributed by atoms with Gasteiger partial charge in [0.15, 0.2) is 5.82 Å². The Morgan fingerprint density at radius 1 is 1.19 bits per heavy atom. The van der Waals surface area contributed by atoms with E-state index in [1.54, 1.807) is 0 Å². The number of aromatic nitrogens is 3. The van der Waals surface area contributed by atoms with Crippen molar-refractivity contribution in [1.29, 1.82) is 0 Å². The zero-order valence-electron chi connectivity index (χ0n) is 11.9. The van der Waals surface area contributed by atoms with Gasteiger partial charge in [-0.3, -0.25) is 0 Å². The lowest BCUT2D eigenvalue weighted by atomic mass is 10.1. The van der Waals surface area contributed by atoms with Crippen LogP contribution in [-0.4, -0.2) is 14.5 Å². The van der Waals surface area contributed by atoms with Gasteiger partial charge < -0.3 is 15.2 Å². The molecule has 2 aromatic heterocycles. The van der Waals surface area contributed by atoms with E-state index in [1.165, 1.54) is 16.7 Å². The molecule has 3 heterocycles. The molecule has 0 saturated heterocycles. The van der Waals surface area contributed by atoms with Gasteiger partial charge in [0.1, 0.15) is 5.52 Å². The average molecular weight is 279 g/mol. The van der Waals surface area contributed by atoms with Gasteiger partial charge in [-0.15, -0.1) is 0 Å². The van der Waals surface area contributed by atoms with Gasteiger partial charge in [0, 0.05) is 32.9 Å². The van der Waals surface area contributed by atoms with Gasteiger partial charge >= 0.3 is 0 Å². The molecule has 1 aliphatic heterocycles. The molecule has 4 rings (SSSR count). The zero-order valence-corrected chi connectivity index (χ0v) is 11.9. The number of anilines is 1. The summed E-state index contributed by atoms with van der Waals surface area (Å²) in [6.45, 7) is 2.71. The minimum absolute atomic E-state index is 0.760. The Morgan fingerprint density at radius 2 is 2.10 bits per heavy atom. The predicted octanol–water partition coefficient (Wildman–Crippen LogP) is 2.18. The highest BCUT2D eigenvalue weighted by atomic mass is 15.1. The van der Waals surface area contributed by atoms with Crippen LogP contribution in [0.25, 0.3) is 11.0 Å². The maximum Gasteiger partial charge on any atom is 0.154 e. The molecule has 3 aromatic rings. The summed E-state index contributed by atoms with van der Waals surface area (Å²) in [5.41, 5.74) is 6.09. The molecule has 21 heavy (non-hydrogen) atoms. The van der Waals surface area contributed by atoms with Crippen LogP contribution in [0, 0.1) is 0 Å². The number of nitrogens with zero attached hydrogens (tertiary/aromatic N) is 3. The molecule has 0 spiro atoms. The van der Waals surface area contributed by atoms with Crippen molar-refractivity contribution in [2.24, 2.45) is 7.05 Å². The molecule has 1 aromatic carbocycles. The van der Waals surface area contributed by atoms with Crippen molar-refractivity contribution < 1.29 is 0 Å². The Balaban J connectivity index is 1.58. The maximum atomic E-state index is 4.42. The van der Waals surface area contributed by atoms with Crippen molar-refractivity contribution in [1.82, 2.24) is 19.9 Å². The van der Waals surface area contributed by atoms with Crippen LogP contribution in [0.4, 0.5) is 5.82 Å². The summed E-state index contributed by atoms with van der Waals surface area (Å²) in [4.78, 5) is 8.82. The Hall–Kier alpha value is -2.40. The molecule has 2 N–H and O–H groups in total. The normalized spacial score (nSPS) is 13.6. The largest absolute Gasteiger partial charge is 0.364 e. The highest BCUT2D eigenvalue weighted by molar-refractivity contribution is 5.85. The molecule has 0 unspecified atom stereocenters. The molecule has 0 amide bonds. The second-order valence-corrected chi connectivity index (χ2v) is 5.44. The number of hydrogen-bond donors (Lipinski definition) is 2. The Labute approximate surface area is 123 Å². The topological polar surface area (TPSA) is 54.8 Å². The van der Waals surface area contributed by atoms with Gasteiger partial charge in [0.05, 0.1) is 11.8 Å². The van der Waals surface area contributed by atoms with E-state index in [4.69, 9.17) is 0 Å². The van der Waals surface area contributed by atoms with E-state index in [0.29, 0.717) is 0 Å². The quantitative estimate of drug-likeness (QED) is 0.771. The third kappa shape index (κ3) is 2.15. The average Bonchev–Trinajstić information content (AvgIpc) is 3.12. The van der Waals surface area contributed by atoms with E-state index < -0.39 is 0 Å². The van der Waals surface area contributed by atoms with E-state index in [1.807, 2.05) is 30.2 Å². The highest BCUT2D eigenvalue weighted by Crippen LogP contribution is 2.21. The fourth-order valence-corrected chi connectivity index (χ4v) is 2.84. The first-order valence-corrected chi connectivity index (χ1v) is 7.12. The summed E-state index contributed by atoms with van der Waals surface area (Å²) >= 11 is 0. The van der Waals surface area contributed by atoms with Crippen LogP contribution in [0.2, 0.25) is 0 Å². The van der Waals surface area contributed by atoms with Crippen molar-refractivity contribution in [2.45, 2.75) is 19.6 Å². The molecule has 106 valence electrons. The van der Waals surface area contributed by atoms with Gasteiger partial charge in [-0.25, -0.2) is 9.97 Å². The van der Waals surface area contributed by atoms with Crippen molar-refractivity contribution in [3.05, 3.63) is 53.5 Å². The lowest BCUT2D eigenvalue weighted by molar-refractivity contribution is 0.764. The van der Waals surface area contributed by atoms with Crippen molar-refractivity contribution in [3.8, 4) is 0 Å². The van der Waals surface area contributed by atoms with Crippen LogP contribution >= 0.6 is 0 Å². The molecule has 5 nitrogen and oxygen atoms in total. The van der Waals surface area contributed by atoms with Crippen molar-refractivity contribution >= 4 is 16.9 Å². The Kier molecular flexibility index (Phi) is 2.86. The first-order chi connectivity index (χ1) is 10.3. The van der Waals surface area contributed by atoms with Gasteiger partial charge in [-0.1, -0.05) is 18.2 Å². The summed E-state index contributed by atoms with van der Waals surface area (Å²) in [5, 5.41) is 6.77. The standard InChI is InChI=1S/C16H17N5/c1-21-10-20-15-14(21)4-5-18-16(15)19-7-11-2-3-12-8-17-9-13(12)6-11/h2-6,10,17H,7-9H2,1H3,(H,18,19). The third-order valence-corrected chi connectivity index (χ3v) is 4.00. The fraction of sp³-hybridized carbons (Fsp3) is 0.250. The minimum Gasteiger partial charge on any atom is -0.364 e. The van der Waals surface area contributed by atoms with E-state index in [2.05, 4.69) is 38.8 Å². The van der Waals surface area contributed by atoms with Crippen molar-refractivity contribution in [3.63, 3.8) is 0 Å². The summed E-state index contributed by atoms with van der Waals surface area (Å²) in [6.07, 6.45) is 3.64. The highest BCUT2D eigenvalue weighted by Gasteiger charge is 2.11. The summed E-state index contributed by atoms with van der Waals surface area (Å²) < 4.78 is 2.00. The molecule has 1 aliphatic rings. The lowest BCUT2D eigenvalue weighted by Crippen LogP contribution is -2.03. The number of imidazole rings is 1. The monoisotopic (exact) mass is 279 g/mol. The Bertz CT molecular complexity index is 806. The zero-order chi connectivity index (χ0) is 14.2. The second kappa shape index (κ2) is 4.86. The number of benzene rings is 1. The minimum atomic E-state index is 0.760. The number of rotatable bonds is 3. The SMILES string of the molecule is Cn1cnc2c(NCc3ccc4c(c3)CNC4)nccc21. The van der Waals surface area contributed by atoms with Gasteiger partial charge in [0.2, 0.25) is 0 Å². The first kappa shape index (κ1) is 12.3. The van der Waals surface area contributed by atoms with Crippen molar-refractivity contribution in [2.75, 3.05) is 5.32 Å². The van der Waals surface area contributed by atoms with E-state index in [0.717, 1.165) is 36.5 Å². The predicted molar refractivity (Wildman–Crippen MR) is 82.8 cm³/mol. The molecule has 0 saturated carbocycles. The second-order valence-electron chi connectivity index (χ2n) is 5.44. The molecular formula is C16H17N5. The Morgan fingerprint density at radius 3 is 3.05 bits per heavy atom. The lowest BCUT2D eigenvalue weighted by Gasteiger charge is -2.08. The molecular weight excluding hydrogens is 262 g/mol. The molecule has 0 atom stereocenters. The number of pyridine rings is 1. The smallest absolute Gasteiger partial charge is 0.154 e. The summed E-state index contributed by atoms with van der Waals surface area (Å²) in [5.74, 6) is 0.840. The van der Waals surface area contributed by atoms with E-state index in [9.17, 15) is 0 Å². The van der Waals surface area contributed by atoms with Crippen LogP contribution in [0.3, 0.4) is 0 Å². The molecule has 0 bridgehead atoms. The summed E-state index contributed by atoms with van der Waals surface area (Å²) in [7, 11) is 1.99. The molecule has 0 aliphatic carbocycles. The van der Waals surface area contributed by atoms with Crippen LogP contribution in [-0.2, 0) is 26.7 Å². The third-order valence-electron chi connectivity index (χ3n) is 4.00. The maximum absolute atomic E-state index is 4.42. The van der Waals surface area contributed by atoms with Gasteiger partial charge in [-0.2, -0.15) is 0 Å². The van der Waals surface area contributed by atoms with E-state index in [-0.39, 0.29) is 0 Å². The number of fused-ring (bicyclic) bond motifs is 2. The first-order valence-electron chi connectivity index (χ1n) is 7.12. The van der Waals surface area contributed by atoms with E-state index >= 15 is 0 Å². The summed E-state index contributed by atoms with van der Waals surface area (Å²) in [6, 6.07) is 8.63. The van der Waals surface area contributed by atoms with Gasteiger partial charge in [-0.05, 0) is 22.8 Å². The molecule has 0 fully saturated rings. The molecule has 0 radical (unpaired) electrons. The molecule has 5 heteroatoms. The van der Waals surface area contributed by atoms with Gasteiger partial charge in [0.25, 0.3) is 0 Å². The number of aryl methyl sites for hydroxylation is 1.